The molecule has 38 heavy (non-hydrogen) atoms. The van der Waals surface area contributed by atoms with Crippen LogP contribution in [0.25, 0.3) is 22.3 Å². The zero-order chi connectivity index (χ0) is 26.3. The van der Waals surface area contributed by atoms with E-state index in [1.807, 2.05) is 30.3 Å². The zero-order valence-corrected chi connectivity index (χ0v) is 28.1. The van der Waals surface area contributed by atoms with Gasteiger partial charge in [0.25, 0.3) is 0 Å². The molecule has 200 valence electrons. The van der Waals surface area contributed by atoms with Gasteiger partial charge in [-0.05, 0) is 70.2 Å². The minimum absolute atomic E-state index is 0. The van der Waals surface area contributed by atoms with Crippen LogP contribution in [0.2, 0.25) is 0 Å². The van der Waals surface area contributed by atoms with E-state index in [0.29, 0.717) is 0 Å². The molecule has 0 nitrogen and oxygen atoms in total. The average Bonchev–Trinajstić information content (AvgIpc) is 3.49. The molecule has 0 atom stereocenters. The monoisotopic (exact) mass is 620 g/mol. The fraction of sp³-hybridized carbons (Fsp3) is 0.343. The van der Waals surface area contributed by atoms with Crippen molar-refractivity contribution in [2.24, 2.45) is 0 Å². The summed E-state index contributed by atoms with van der Waals surface area (Å²) < 4.78 is 1.51. The van der Waals surface area contributed by atoms with E-state index >= 15 is 0 Å². The van der Waals surface area contributed by atoms with Crippen LogP contribution in [0.5, 0.6) is 0 Å². The predicted molar refractivity (Wildman–Crippen MR) is 155 cm³/mol. The van der Waals surface area contributed by atoms with E-state index in [1.54, 1.807) is 24.2 Å². The second-order valence-corrected chi connectivity index (χ2v) is 14.4. The van der Waals surface area contributed by atoms with E-state index in [2.05, 4.69) is 98.2 Å². The van der Waals surface area contributed by atoms with Crippen LogP contribution < -0.4 is 24.8 Å². The molecule has 0 fully saturated rings. The summed E-state index contributed by atoms with van der Waals surface area (Å²) in [5, 5.41) is 0. The van der Waals surface area contributed by atoms with Crippen LogP contribution >= 0.6 is 0 Å². The SMILES string of the molecule is CC1=C[CH-]C(C)(C)c2cc3c(cc21)-c1cc2c(cc1C3)C(C)(C)CC=C2C.C[C](C)=[Zr+2].[Cl-].[Cl-].c1cc[cH-]c1. The number of fused-ring (bicyclic) bond motifs is 5. The molecule has 0 unspecified atom stereocenters. The van der Waals surface area contributed by atoms with E-state index < -0.39 is 0 Å². The van der Waals surface area contributed by atoms with Gasteiger partial charge in [0, 0.05) is 0 Å². The Labute approximate surface area is 258 Å². The molecule has 0 spiro atoms. The summed E-state index contributed by atoms with van der Waals surface area (Å²) in [7, 11) is 0. The minimum atomic E-state index is 0. The first-order valence-corrected chi connectivity index (χ1v) is 14.4. The number of allylic oxidation sites excluding steroid dienone is 4. The molecular formula is C35H40Cl2Zr-2. The Morgan fingerprint density at radius 1 is 0.763 bits per heavy atom. The van der Waals surface area contributed by atoms with Crippen molar-refractivity contribution in [2.45, 2.75) is 79.1 Å². The van der Waals surface area contributed by atoms with E-state index in [1.165, 1.54) is 58.9 Å². The van der Waals surface area contributed by atoms with E-state index in [-0.39, 0.29) is 35.6 Å². The van der Waals surface area contributed by atoms with Crippen molar-refractivity contribution >= 4 is 14.4 Å². The number of rotatable bonds is 0. The topological polar surface area (TPSA) is 0 Å². The number of hydrogen-bond donors (Lipinski definition) is 0. The summed E-state index contributed by atoms with van der Waals surface area (Å²) in [6, 6.07) is 20.0. The largest absolute Gasteiger partial charge is 1.00 e. The fourth-order valence-corrected chi connectivity index (χ4v) is 5.50. The molecule has 3 aromatic rings. The van der Waals surface area contributed by atoms with Crippen LogP contribution in [0.15, 0.2) is 66.7 Å². The molecule has 3 aliphatic carbocycles. The third kappa shape index (κ3) is 6.78. The van der Waals surface area contributed by atoms with Gasteiger partial charge in [-0.1, -0.05) is 62.9 Å². The first-order chi connectivity index (χ1) is 16.9. The second-order valence-electron chi connectivity index (χ2n) is 12.0. The molecule has 3 heteroatoms. The smallest absolute Gasteiger partial charge is 0.172 e. The summed E-state index contributed by atoms with van der Waals surface area (Å²) >= 11 is 1.55. The molecule has 0 saturated heterocycles. The van der Waals surface area contributed by atoms with Crippen molar-refractivity contribution in [3.63, 3.8) is 0 Å². The van der Waals surface area contributed by atoms with Gasteiger partial charge in [0.2, 0.25) is 0 Å². The quantitative estimate of drug-likeness (QED) is 0.264. The van der Waals surface area contributed by atoms with Crippen molar-refractivity contribution in [1.29, 1.82) is 0 Å². The Morgan fingerprint density at radius 2 is 1.26 bits per heavy atom. The average molecular weight is 623 g/mol. The summed E-state index contributed by atoms with van der Waals surface area (Å²) in [5.74, 6) is 0. The molecule has 0 bridgehead atoms. The van der Waals surface area contributed by atoms with Crippen molar-refractivity contribution in [3.8, 4) is 11.1 Å². The molecule has 6 rings (SSSR count). The summed E-state index contributed by atoms with van der Waals surface area (Å²) in [5.41, 5.74) is 15.0. The summed E-state index contributed by atoms with van der Waals surface area (Å²) in [4.78, 5) is 0. The number of benzene rings is 2. The zero-order valence-electron chi connectivity index (χ0n) is 24.1. The molecule has 0 heterocycles. The molecule has 0 radical (unpaired) electrons. The Hall–Kier alpha value is -1.53. The standard InChI is InChI=1S/C27H29.C5H5.C3H6.2ClH.Zr/c1-16-7-9-26(3,4)24-12-18-11-19-13-25-21(17(2)8-10-27(25,5)6)15-23(19)22(18)14-20(16)24;1-2-4-5-3-1;1-3-2;;;/h7-9,12-15H,10-11H2,1-6H3;1-5H;1-2H3;2*1H;/q2*-1;;;;+2/p-2. The van der Waals surface area contributed by atoms with Gasteiger partial charge in [0.1, 0.15) is 0 Å². The van der Waals surface area contributed by atoms with E-state index in [4.69, 9.17) is 0 Å². The molecule has 3 aliphatic rings. The first kappa shape index (κ1) is 32.7. The van der Waals surface area contributed by atoms with Gasteiger partial charge in [-0.15, -0.1) is 12.5 Å². The molecule has 0 amide bonds. The van der Waals surface area contributed by atoms with Gasteiger partial charge in [-0.25, -0.2) is 24.6 Å². The Balaban J connectivity index is 0.000000398. The first-order valence-electron chi connectivity index (χ1n) is 13.1. The minimum Gasteiger partial charge on any atom is -1.00 e. The molecule has 0 aromatic heterocycles. The Kier molecular flexibility index (Phi) is 11.0. The number of halogens is 2. The third-order valence-corrected chi connectivity index (χ3v) is 7.65. The Morgan fingerprint density at radius 3 is 1.76 bits per heavy atom. The predicted octanol–water partition coefficient (Wildman–Crippen LogP) is 3.40. The van der Waals surface area contributed by atoms with Crippen molar-refractivity contribution < 1.29 is 49.0 Å². The van der Waals surface area contributed by atoms with Crippen LogP contribution in [0.1, 0.15) is 95.2 Å². The maximum atomic E-state index is 2.51. The van der Waals surface area contributed by atoms with Gasteiger partial charge in [0.05, 0.1) is 0 Å². The molecular weight excluding hydrogens is 583 g/mol. The molecule has 0 aliphatic heterocycles. The molecule has 3 aromatic carbocycles. The van der Waals surface area contributed by atoms with Gasteiger partial charge in [-0.2, -0.15) is 23.8 Å². The van der Waals surface area contributed by atoms with Crippen molar-refractivity contribution in [1.82, 2.24) is 0 Å². The van der Waals surface area contributed by atoms with E-state index in [9.17, 15) is 0 Å². The summed E-state index contributed by atoms with van der Waals surface area (Å²) in [6.07, 6.45) is 9.28. The van der Waals surface area contributed by atoms with Crippen LogP contribution in [0.3, 0.4) is 0 Å². The van der Waals surface area contributed by atoms with Crippen LogP contribution in [0.4, 0.5) is 0 Å². The normalized spacial score (nSPS) is 16.4. The van der Waals surface area contributed by atoms with E-state index in [0.717, 1.165) is 12.8 Å². The number of hydrogen-bond acceptors (Lipinski definition) is 0. The maximum absolute atomic E-state index is 2.51. The van der Waals surface area contributed by atoms with Crippen molar-refractivity contribution in [3.05, 3.63) is 107 Å². The van der Waals surface area contributed by atoms with Crippen LogP contribution in [0, 0.1) is 6.42 Å². The van der Waals surface area contributed by atoms with Crippen LogP contribution in [-0.2, 0) is 41.5 Å². The van der Waals surface area contributed by atoms with Gasteiger partial charge in [-0.3, -0.25) is 0 Å². The van der Waals surface area contributed by atoms with Crippen LogP contribution in [-0.4, -0.2) is 3.21 Å². The Bertz CT molecular complexity index is 1240. The maximum Gasteiger partial charge on any atom is -0.172 e. The van der Waals surface area contributed by atoms with Crippen molar-refractivity contribution in [2.75, 3.05) is 0 Å². The van der Waals surface area contributed by atoms with Gasteiger partial charge >= 0.3 is 41.3 Å². The summed E-state index contributed by atoms with van der Waals surface area (Å²) in [6.45, 7) is 18.2. The second kappa shape index (κ2) is 12.8. The third-order valence-electron chi connectivity index (χ3n) is 7.65. The molecule has 0 N–H and O–H groups in total. The van der Waals surface area contributed by atoms with Gasteiger partial charge < -0.3 is 24.8 Å². The fourth-order valence-electron chi connectivity index (χ4n) is 5.50. The molecule has 0 saturated carbocycles. The van der Waals surface area contributed by atoms with Gasteiger partial charge in [0.15, 0.2) is 0 Å².